The van der Waals surface area contributed by atoms with Crippen molar-refractivity contribution in [2.75, 3.05) is 30.3 Å². The third kappa shape index (κ3) is 5.18. The molecule has 0 saturated carbocycles. The second-order valence-electron chi connectivity index (χ2n) is 9.23. The van der Waals surface area contributed by atoms with E-state index in [1.807, 2.05) is 13.8 Å². The Balaban J connectivity index is 1.58. The number of anilines is 3. The Bertz CT molecular complexity index is 1500. The lowest BCUT2D eigenvalue weighted by Crippen LogP contribution is -2.27. The second-order valence-corrected chi connectivity index (χ2v) is 9.23. The summed E-state index contributed by atoms with van der Waals surface area (Å²) < 4.78 is 31.8. The van der Waals surface area contributed by atoms with E-state index in [1.54, 1.807) is 29.8 Å². The summed E-state index contributed by atoms with van der Waals surface area (Å²) in [5.41, 5.74) is 2.15. The van der Waals surface area contributed by atoms with Crippen molar-refractivity contribution in [1.82, 2.24) is 35.1 Å². The molecule has 4 aromatic rings. The van der Waals surface area contributed by atoms with Gasteiger partial charge in [-0.3, -0.25) is 4.79 Å². The van der Waals surface area contributed by atoms with Gasteiger partial charge in [0.25, 0.3) is 0 Å². The Morgan fingerprint density at radius 1 is 1.05 bits per heavy atom. The first kappa shape index (κ1) is 25.6. The Morgan fingerprint density at radius 2 is 1.87 bits per heavy atom. The third-order valence-corrected chi connectivity index (χ3v) is 6.41. The average molecular weight is 522 g/mol. The molecule has 5 rings (SSSR count). The fourth-order valence-corrected chi connectivity index (χ4v) is 4.65. The normalized spacial score (nSPS) is 15.2. The molecule has 4 heterocycles. The number of imidazole rings is 1. The SMILES string of the molecule is CCNCCNCc1cnc2cc1NC(=O)C[C@H](C)n1c(C)nc3c(F)cc(cc31)-c1nc(ncc1F)N2. The Hall–Kier alpha value is -4.03. The van der Waals surface area contributed by atoms with Crippen molar-refractivity contribution in [3.8, 4) is 11.3 Å². The maximum Gasteiger partial charge on any atom is 0.229 e. The van der Waals surface area contributed by atoms with Crippen LogP contribution in [0.5, 0.6) is 0 Å². The van der Waals surface area contributed by atoms with E-state index < -0.39 is 11.6 Å². The minimum Gasteiger partial charge on any atom is -0.326 e. The summed E-state index contributed by atoms with van der Waals surface area (Å²) in [5.74, 6) is -0.533. The predicted octanol–water partition coefficient (Wildman–Crippen LogP) is 3.82. The highest BCUT2D eigenvalue weighted by Crippen LogP contribution is 2.32. The number of aromatic nitrogens is 5. The predicted molar refractivity (Wildman–Crippen MR) is 141 cm³/mol. The maximum atomic E-state index is 15.1. The van der Waals surface area contributed by atoms with Gasteiger partial charge >= 0.3 is 0 Å². The molecule has 0 unspecified atom stereocenters. The average Bonchev–Trinajstić information content (AvgIpc) is 3.22. The molecule has 1 amide bonds. The van der Waals surface area contributed by atoms with Crippen molar-refractivity contribution in [2.24, 2.45) is 0 Å². The van der Waals surface area contributed by atoms with Crippen LogP contribution >= 0.6 is 0 Å². The highest BCUT2D eigenvalue weighted by molar-refractivity contribution is 5.92. The summed E-state index contributed by atoms with van der Waals surface area (Å²) in [7, 11) is 0. The lowest BCUT2D eigenvalue weighted by Gasteiger charge is -2.18. The van der Waals surface area contributed by atoms with Gasteiger partial charge in [0.1, 0.15) is 22.9 Å². The molecular weight excluding hydrogens is 492 g/mol. The largest absolute Gasteiger partial charge is 0.326 e. The zero-order valence-electron chi connectivity index (χ0n) is 21.4. The van der Waals surface area contributed by atoms with Crippen LogP contribution in [0.2, 0.25) is 0 Å². The van der Waals surface area contributed by atoms with Gasteiger partial charge in [-0.1, -0.05) is 6.92 Å². The minimum atomic E-state index is -0.695. The number of rotatable bonds is 6. The molecule has 1 atom stereocenters. The second kappa shape index (κ2) is 10.8. The Morgan fingerprint density at radius 3 is 2.68 bits per heavy atom. The molecule has 0 spiro atoms. The molecule has 0 radical (unpaired) electrons. The van der Waals surface area contributed by atoms with E-state index in [-0.39, 0.29) is 41.1 Å². The van der Waals surface area contributed by atoms with Crippen LogP contribution in [0, 0.1) is 18.6 Å². The van der Waals surface area contributed by atoms with Gasteiger partial charge in [0.05, 0.1) is 17.4 Å². The number of amides is 1. The van der Waals surface area contributed by atoms with Gasteiger partial charge < -0.3 is 25.8 Å². The number of hydrogen-bond acceptors (Lipinski definition) is 8. The van der Waals surface area contributed by atoms with Crippen molar-refractivity contribution in [3.05, 3.63) is 53.6 Å². The topological polar surface area (TPSA) is 122 Å². The maximum absolute atomic E-state index is 15.1. The summed E-state index contributed by atoms with van der Waals surface area (Å²) in [4.78, 5) is 30.3. The number of hydrogen-bond donors (Lipinski definition) is 4. The smallest absolute Gasteiger partial charge is 0.229 e. The van der Waals surface area contributed by atoms with Crippen LogP contribution in [0.25, 0.3) is 22.3 Å². The van der Waals surface area contributed by atoms with Gasteiger partial charge in [-0.15, -0.1) is 0 Å². The fourth-order valence-electron chi connectivity index (χ4n) is 4.65. The van der Waals surface area contributed by atoms with Crippen LogP contribution in [-0.2, 0) is 11.3 Å². The number of nitrogens with zero attached hydrogens (tertiary/aromatic N) is 5. The molecule has 0 fully saturated rings. The number of likely N-dealkylation sites (N-methyl/N-ethyl adjacent to an activating group) is 1. The molecule has 1 aliphatic heterocycles. The molecule has 1 aliphatic rings. The van der Waals surface area contributed by atoms with Gasteiger partial charge in [0.2, 0.25) is 11.9 Å². The number of nitrogens with one attached hydrogen (secondary N) is 4. The first-order chi connectivity index (χ1) is 18.3. The van der Waals surface area contributed by atoms with Crippen molar-refractivity contribution in [1.29, 1.82) is 0 Å². The van der Waals surface area contributed by atoms with E-state index in [9.17, 15) is 9.18 Å². The number of aryl methyl sites for hydroxylation is 1. The molecule has 0 saturated heterocycles. The highest BCUT2D eigenvalue weighted by atomic mass is 19.1. The summed E-state index contributed by atoms with van der Waals surface area (Å²) in [6, 6.07) is 4.18. The molecular formula is C26H29F2N9O. The van der Waals surface area contributed by atoms with Gasteiger partial charge in [0.15, 0.2) is 11.6 Å². The van der Waals surface area contributed by atoms with Crippen molar-refractivity contribution >= 4 is 34.4 Å². The summed E-state index contributed by atoms with van der Waals surface area (Å²) in [5, 5.41) is 12.6. The van der Waals surface area contributed by atoms with Crippen LogP contribution in [0.4, 0.5) is 26.2 Å². The third-order valence-electron chi connectivity index (χ3n) is 6.41. The number of fused-ring (bicyclic) bond motifs is 6. The number of halogens is 2. The lowest BCUT2D eigenvalue weighted by atomic mass is 10.1. The van der Waals surface area contributed by atoms with Crippen LogP contribution in [-0.4, -0.2) is 50.0 Å². The van der Waals surface area contributed by atoms with E-state index in [2.05, 4.69) is 41.2 Å². The number of carbonyl (C=O) groups excluding carboxylic acids is 1. The number of carbonyl (C=O) groups is 1. The molecule has 4 N–H and O–H groups in total. The van der Waals surface area contributed by atoms with E-state index in [0.717, 1.165) is 31.4 Å². The number of pyridine rings is 1. The van der Waals surface area contributed by atoms with Crippen molar-refractivity contribution < 1.29 is 13.6 Å². The molecule has 0 aliphatic carbocycles. The summed E-state index contributed by atoms with van der Waals surface area (Å²) in [6.45, 7) is 8.59. The monoisotopic (exact) mass is 521 g/mol. The van der Waals surface area contributed by atoms with Crippen LogP contribution in [0.1, 0.15) is 37.7 Å². The van der Waals surface area contributed by atoms with Crippen molar-refractivity contribution in [3.63, 3.8) is 0 Å². The summed E-state index contributed by atoms with van der Waals surface area (Å²) >= 11 is 0. The van der Waals surface area contributed by atoms with Crippen LogP contribution < -0.4 is 21.3 Å². The summed E-state index contributed by atoms with van der Waals surface area (Å²) in [6.07, 6.45) is 2.80. The minimum absolute atomic E-state index is 0.0628. The molecule has 3 aromatic heterocycles. The zero-order chi connectivity index (χ0) is 26.8. The van der Waals surface area contributed by atoms with Crippen LogP contribution in [0.3, 0.4) is 0 Å². The first-order valence-electron chi connectivity index (χ1n) is 12.5. The number of benzene rings is 1. The molecule has 1 aromatic carbocycles. The van der Waals surface area contributed by atoms with E-state index in [0.29, 0.717) is 29.4 Å². The van der Waals surface area contributed by atoms with Crippen LogP contribution in [0.15, 0.2) is 30.6 Å². The van der Waals surface area contributed by atoms with E-state index in [4.69, 9.17) is 0 Å². The lowest BCUT2D eigenvalue weighted by molar-refractivity contribution is -0.116. The quantitative estimate of drug-likeness (QED) is 0.283. The van der Waals surface area contributed by atoms with Gasteiger partial charge in [-0.2, -0.15) is 0 Å². The highest BCUT2D eigenvalue weighted by Gasteiger charge is 2.22. The molecule has 38 heavy (non-hydrogen) atoms. The van der Waals surface area contributed by atoms with E-state index in [1.165, 1.54) is 6.07 Å². The van der Waals surface area contributed by atoms with E-state index >= 15 is 4.39 Å². The Labute approximate surface area is 218 Å². The molecule has 6 bridgehead atoms. The first-order valence-corrected chi connectivity index (χ1v) is 12.5. The molecule has 10 nitrogen and oxygen atoms in total. The zero-order valence-corrected chi connectivity index (χ0v) is 21.4. The molecule has 198 valence electrons. The molecule has 12 heteroatoms. The van der Waals surface area contributed by atoms with Gasteiger partial charge in [-0.25, -0.2) is 28.7 Å². The standard InChI is InChI=1S/C26H29F2N9O/c1-4-29-5-6-30-11-17-12-31-22-10-20(17)34-23(38)7-14(2)37-15(3)33-25-18(27)8-16(9-21(25)37)24-19(28)13-32-26(35-22)36-24/h8-10,12-14,29-30H,4-7,11H2,1-3H3,(H,34,38)(H,31,32,35,36)/t14-/m0/s1. The van der Waals surface area contributed by atoms with Crippen molar-refractivity contribution in [2.45, 2.75) is 39.8 Å². The fraction of sp³-hybridized carbons (Fsp3) is 0.346. The van der Waals surface area contributed by atoms with Gasteiger partial charge in [-0.05, 0) is 32.5 Å². The van der Waals surface area contributed by atoms with Gasteiger partial charge in [0, 0.05) is 55.5 Å². The Kier molecular flexibility index (Phi) is 7.25.